The van der Waals surface area contributed by atoms with Crippen molar-refractivity contribution in [3.05, 3.63) is 22.7 Å². The Morgan fingerprint density at radius 1 is 1.19 bits per heavy atom. The number of hydrogen-bond donors (Lipinski definition) is 2. The van der Waals surface area contributed by atoms with E-state index < -0.39 is 6.04 Å². The molecule has 1 aliphatic rings. The van der Waals surface area contributed by atoms with E-state index in [0.717, 1.165) is 31.2 Å². The number of rotatable bonds is 6. The highest BCUT2D eigenvalue weighted by molar-refractivity contribution is 6.31. The third-order valence-electron chi connectivity index (χ3n) is 5.37. The van der Waals surface area contributed by atoms with E-state index in [2.05, 4.69) is 17.6 Å². The van der Waals surface area contributed by atoms with Gasteiger partial charge in [-0.15, -0.1) is 0 Å². The van der Waals surface area contributed by atoms with Crippen molar-refractivity contribution < 1.29 is 14.3 Å². The molecule has 0 radical (unpaired) electrons. The molecule has 1 aliphatic carbocycles. The molecule has 27 heavy (non-hydrogen) atoms. The minimum atomic E-state index is -0.599. The number of amides is 2. The predicted octanol–water partition coefficient (Wildman–Crippen LogP) is 4.56. The predicted molar refractivity (Wildman–Crippen MR) is 109 cm³/mol. The van der Waals surface area contributed by atoms with Crippen molar-refractivity contribution in [3.8, 4) is 5.75 Å². The van der Waals surface area contributed by atoms with Crippen LogP contribution in [-0.2, 0) is 9.59 Å². The number of ether oxygens (including phenoxy) is 1. The Labute approximate surface area is 167 Å². The largest absolute Gasteiger partial charge is 0.495 e. The van der Waals surface area contributed by atoms with Crippen molar-refractivity contribution in [2.75, 3.05) is 12.4 Å². The Bertz CT molecular complexity index is 682. The standard InChI is InChI=1S/C21H31ClN2O3/c1-12(2)19(24-20(25)15-8-6-13(3)7-9-15)21(26)23-17-10-14(4)16(22)11-18(17)27-5/h10-13,15,19H,6-9H2,1-5H3,(H,23,26)(H,24,25)/t13?,15?,19-/m1/s1. The third kappa shape index (κ3) is 5.61. The zero-order chi connectivity index (χ0) is 20.1. The number of anilines is 1. The van der Waals surface area contributed by atoms with Crippen LogP contribution in [0.25, 0.3) is 0 Å². The van der Waals surface area contributed by atoms with Crippen LogP contribution in [0.1, 0.15) is 52.0 Å². The summed E-state index contributed by atoms with van der Waals surface area (Å²) in [6, 6.07) is 2.86. The Kier molecular flexibility index (Phi) is 7.54. The van der Waals surface area contributed by atoms with Crippen LogP contribution in [0.3, 0.4) is 0 Å². The van der Waals surface area contributed by atoms with Gasteiger partial charge in [0.25, 0.3) is 0 Å². The minimum absolute atomic E-state index is 0.00237. The summed E-state index contributed by atoms with van der Waals surface area (Å²) in [5.74, 6) is 0.879. The van der Waals surface area contributed by atoms with Crippen molar-refractivity contribution >= 4 is 29.1 Å². The van der Waals surface area contributed by atoms with E-state index in [1.54, 1.807) is 12.1 Å². The van der Waals surface area contributed by atoms with Gasteiger partial charge < -0.3 is 15.4 Å². The lowest BCUT2D eigenvalue weighted by molar-refractivity contribution is -0.131. The molecule has 2 rings (SSSR count). The molecule has 1 aromatic rings. The second-order valence-corrected chi connectivity index (χ2v) is 8.39. The first-order valence-corrected chi connectivity index (χ1v) is 10.1. The van der Waals surface area contributed by atoms with Gasteiger partial charge in [0.05, 0.1) is 12.8 Å². The average molecular weight is 395 g/mol. The van der Waals surface area contributed by atoms with Crippen LogP contribution in [0.5, 0.6) is 5.75 Å². The summed E-state index contributed by atoms with van der Waals surface area (Å²) in [5.41, 5.74) is 1.39. The van der Waals surface area contributed by atoms with Gasteiger partial charge >= 0.3 is 0 Å². The summed E-state index contributed by atoms with van der Waals surface area (Å²) in [5, 5.41) is 6.43. The summed E-state index contributed by atoms with van der Waals surface area (Å²) in [7, 11) is 1.53. The fourth-order valence-electron chi connectivity index (χ4n) is 3.47. The molecule has 1 saturated carbocycles. The highest BCUT2D eigenvalue weighted by Gasteiger charge is 2.30. The number of carbonyl (C=O) groups excluding carboxylic acids is 2. The van der Waals surface area contributed by atoms with Crippen LogP contribution in [0.15, 0.2) is 12.1 Å². The molecule has 2 N–H and O–H groups in total. The molecule has 0 bridgehead atoms. The van der Waals surface area contributed by atoms with Gasteiger partial charge in [-0.25, -0.2) is 0 Å². The number of nitrogens with one attached hydrogen (secondary N) is 2. The summed E-state index contributed by atoms with van der Waals surface area (Å²) in [4.78, 5) is 25.5. The highest BCUT2D eigenvalue weighted by atomic mass is 35.5. The molecule has 150 valence electrons. The van der Waals surface area contributed by atoms with Gasteiger partial charge in [-0.1, -0.05) is 32.4 Å². The van der Waals surface area contributed by atoms with Crippen molar-refractivity contribution in [2.45, 2.75) is 59.4 Å². The molecule has 0 spiro atoms. The van der Waals surface area contributed by atoms with E-state index in [9.17, 15) is 9.59 Å². The van der Waals surface area contributed by atoms with Crippen molar-refractivity contribution in [2.24, 2.45) is 17.8 Å². The third-order valence-corrected chi connectivity index (χ3v) is 5.78. The fraction of sp³-hybridized carbons (Fsp3) is 0.619. The van der Waals surface area contributed by atoms with E-state index in [0.29, 0.717) is 22.4 Å². The number of methoxy groups -OCH3 is 1. The van der Waals surface area contributed by atoms with Crippen LogP contribution in [0.2, 0.25) is 5.02 Å². The smallest absolute Gasteiger partial charge is 0.247 e. The van der Waals surface area contributed by atoms with Gasteiger partial charge in [0.2, 0.25) is 11.8 Å². The van der Waals surface area contributed by atoms with Crippen LogP contribution >= 0.6 is 11.6 Å². The summed E-state index contributed by atoms with van der Waals surface area (Å²) < 4.78 is 5.32. The van der Waals surface area contributed by atoms with E-state index in [1.807, 2.05) is 20.8 Å². The number of aryl methyl sites for hydroxylation is 1. The molecule has 1 fully saturated rings. The zero-order valence-corrected chi connectivity index (χ0v) is 17.7. The van der Waals surface area contributed by atoms with E-state index in [-0.39, 0.29) is 23.7 Å². The maximum absolute atomic E-state index is 12.9. The quantitative estimate of drug-likeness (QED) is 0.743. The maximum atomic E-state index is 12.9. The normalized spacial score (nSPS) is 20.9. The Morgan fingerprint density at radius 2 is 1.81 bits per heavy atom. The molecular weight excluding hydrogens is 364 g/mol. The number of carbonyl (C=O) groups is 2. The molecule has 0 heterocycles. The Morgan fingerprint density at radius 3 is 2.37 bits per heavy atom. The zero-order valence-electron chi connectivity index (χ0n) is 16.9. The van der Waals surface area contributed by atoms with Crippen molar-refractivity contribution in [3.63, 3.8) is 0 Å². The molecular formula is C21H31ClN2O3. The highest BCUT2D eigenvalue weighted by Crippen LogP contribution is 2.31. The lowest BCUT2D eigenvalue weighted by Gasteiger charge is -2.28. The Balaban J connectivity index is 2.09. The number of benzene rings is 1. The lowest BCUT2D eigenvalue weighted by Crippen LogP contribution is -2.49. The van der Waals surface area contributed by atoms with Gasteiger partial charge in [-0.05, 0) is 56.1 Å². The first-order valence-electron chi connectivity index (χ1n) is 9.68. The van der Waals surface area contributed by atoms with Crippen molar-refractivity contribution in [1.82, 2.24) is 5.32 Å². The van der Waals surface area contributed by atoms with Crippen LogP contribution in [-0.4, -0.2) is 25.0 Å². The van der Waals surface area contributed by atoms with Crippen LogP contribution in [0, 0.1) is 24.7 Å². The molecule has 1 aromatic carbocycles. The number of halogens is 1. The number of hydrogen-bond acceptors (Lipinski definition) is 3. The topological polar surface area (TPSA) is 67.4 Å². The van der Waals surface area contributed by atoms with Crippen molar-refractivity contribution in [1.29, 1.82) is 0 Å². The van der Waals surface area contributed by atoms with Gasteiger partial charge in [0, 0.05) is 17.0 Å². The van der Waals surface area contributed by atoms with Gasteiger partial charge in [-0.2, -0.15) is 0 Å². The summed E-state index contributed by atoms with van der Waals surface area (Å²) in [6.45, 7) is 7.94. The van der Waals surface area contributed by atoms with E-state index in [4.69, 9.17) is 16.3 Å². The molecule has 0 aromatic heterocycles. The van der Waals surface area contributed by atoms with Crippen LogP contribution < -0.4 is 15.4 Å². The molecule has 2 amide bonds. The second kappa shape index (κ2) is 9.45. The van der Waals surface area contributed by atoms with Gasteiger partial charge in [0.1, 0.15) is 11.8 Å². The minimum Gasteiger partial charge on any atom is -0.495 e. The molecule has 5 nitrogen and oxygen atoms in total. The summed E-state index contributed by atoms with van der Waals surface area (Å²) in [6.07, 6.45) is 3.92. The molecule has 6 heteroatoms. The van der Waals surface area contributed by atoms with E-state index in [1.165, 1.54) is 7.11 Å². The SMILES string of the molecule is COc1cc(Cl)c(C)cc1NC(=O)[C@H](NC(=O)C1CCC(C)CC1)C(C)C. The van der Waals surface area contributed by atoms with Gasteiger partial charge in [0.15, 0.2) is 0 Å². The fourth-order valence-corrected chi connectivity index (χ4v) is 3.62. The molecule has 1 atom stereocenters. The first kappa shape index (κ1) is 21.5. The first-order chi connectivity index (χ1) is 12.7. The average Bonchev–Trinajstić information content (AvgIpc) is 2.62. The maximum Gasteiger partial charge on any atom is 0.247 e. The van der Waals surface area contributed by atoms with Gasteiger partial charge in [-0.3, -0.25) is 9.59 Å². The molecule has 0 unspecified atom stereocenters. The monoisotopic (exact) mass is 394 g/mol. The lowest BCUT2D eigenvalue weighted by atomic mass is 9.82. The summed E-state index contributed by atoms with van der Waals surface area (Å²) >= 11 is 6.13. The van der Waals surface area contributed by atoms with E-state index >= 15 is 0 Å². The molecule has 0 aliphatic heterocycles. The Hall–Kier alpha value is -1.75. The second-order valence-electron chi connectivity index (χ2n) is 7.98. The molecule has 0 saturated heterocycles. The van der Waals surface area contributed by atoms with Crippen LogP contribution in [0.4, 0.5) is 5.69 Å².